The van der Waals surface area contributed by atoms with E-state index in [0.29, 0.717) is 12.1 Å². The minimum atomic E-state index is -0.784. The van der Waals surface area contributed by atoms with Gasteiger partial charge in [0, 0.05) is 23.1 Å². The van der Waals surface area contributed by atoms with Crippen LogP contribution in [0.2, 0.25) is 0 Å². The number of piperidine rings is 1. The van der Waals surface area contributed by atoms with Crippen molar-refractivity contribution in [1.29, 1.82) is 0 Å². The number of amides is 1. The second-order valence-corrected chi connectivity index (χ2v) is 6.00. The standard InChI is InChI=1S/C14H16INO3/c15-12-6-2-1-5-11(12)14(19)16-7-3-4-10(9-16)8-13(17)18/h1-2,5-6,10H,3-4,7-9H2,(H,17,18). The van der Waals surface area contributed by atoms with Gasteiger partial charge in [-0.1, -0.05) is 12.1 Å². The molecule has 1 aromatic carbocycles. The molecule has 1 aliphatic rings. The molecular weight excluding hydrogens is 357 g/mol. The van der Waals surface area contributed by atoms with Crippen LogP contribution >= 0.6 is 22.6 Å². The summed E-state index contributed by atoms with van der Waals surface area (Å²) in [7, 11) is 0. The summed E-state index contributed by atoms with van der Waals surface area (Å²) in [5.41, 5.74) is 0.707. The van der Waals surface area contributed by atoms with Crippen molar-refractivity contribution < 1.29 is 14.7 Å². The van der Waals surface area contributed by atoms with E-state index in [4.69, 9.17) is 5.11 Å². The Bertz CT molecular complexity index is 489. The molecule has 1 saturated heterocycles. The fourth-order valence-corrected chi connectivity index (χ4v) is 3.09. The zero-order valence-electron chi connectivity index (χ0n) is 10.5. The molecule has 102 valence electrons. The summed E-state index contributed by atoms with van der Waals surface area (Å²) < 4.78 is 0.936. The molecule has 0 aromatic heterocycles. The quantitative estimate of drug-likeness (QED) is 0.829. The number of carboxylic acid groups (broad SMARTS) is 1. The number of carbonyl (C=O) groups is 2. The first-order valence-electron chi connectivity index (χ1n) is 6.33. The Morgan fingerprint density at radius 3 is 2.79 bits per heavy atom. The average molecular weight is 373 g/mol. The molecule has 0 radical (unpaired) electrons. The average Bonchev–Trinajstić information content (AvgIpc) is 2.38. The Morgan fingerprint density at radius 1 is 1.37 bits per heavy atom. The fraction of sp³-hybridized carbons (Fsp3) is 0.429. The minimum Gasteiger partial charge on any atom is -0.481 e. The summed E-state index contributed by atoms with van der Waals surface area (Å²) >= 11 is 2.16. The Morgan fingerprint density at radius 2 is 2.11 bits per heavy atom. The maximum atomic E-state index is 12.4. The molecule has 1 heterocycles. The predicted molar refractivity (Wildman–Crippen MR) is 80.0 cm³/mol. The molecule has 2 rings (SSSR count). The Kier molecular flexibility index (Phi) is 4.79. The molecule has 0 saturated carbocycles. The van der Waals surface area contributed by atoms with E-state index < -0.39 is 5.97 Å². The topological polar surface area (TPSA) is 57.6 Å². The van der Waals surface area contributed by atoms with Gasteiger partial charge in [-0.05, 0) is 53.5 Å². The number of halogens is 1. The molecule has 4 nitrogen and oxygen atoms in total. The maximum absolute atomic E-state index is 12.4. The lowest BCUT2D eigenvalue weighted by molar-refractivity contribution is -0.138. The molecule has 5 heteroatoms. The number of likely N-dealkylation sites (tertiary alicyclic amines) is 1. The van der Waals surface area contributed by atoms with Gasteiger partial charge in [0.05, 0.1) is 5.56 Å². The normalized spacial score (nSPS) is 19.2. The molecular formula is C14H16INO3. The summed E-state index contributed by atoms with van der Waals surface area (Å²) in [5.74, 6) is -0.690. The van der Waals surface area contributed by atoms with Crippen LogP contribution in [0.1, 0.15) is 29.6 Å². The van der Waals surface area contributed by atoms with E-state index in [1.54, 1.807) is 4.90 Å². The van der Waals surface area contributed by atoms with Crippen molar-refractivity contribution in [2.75, 3.05) is 13.1 Å². The van der Waals surface area contributed by atoms with Crippen LogP contribution in [0.4, 0.5) is 0 Å². The van der Waals surface area contributed by atoms with Gasteiger partial charge in [-0.2, -0.15) is 0 Å². The highest BCUT2D eigenvalue weighted by atomic mass is 127. The molecule has 0 bridgehead atoms. The van der Waals surface area contributed by atoms with E-state index in [2.05, 4.69) is 22.6 Å². The van der Waals surface area contributed by atoms with Crippen molar-refractivity contribution >= 4 is 34.5 Å². The largest absolute Gasteiger partial charge is 0.481 e. The first-order chi connectivity index (χ1) is 9.08. The molecule has 19 heavy (non-hydrogen) atoms. The van der Waals surface area contributed by atoms with E-state index in [-0.39, 0.29) is 18.2 Å². The smallest absolute Gasteiger partial charge is 0.303 e. The van der Waals surface area contributed by atoms with Crippen LogP contribution < -0.4 is 0 Å². The van der Waals surface area contributed by atoms with E-state index >= 15 is 0 Å². The Labute approximate surface area is 125 Å². The summed E-state index contributed by atoms with van der Waals surface area (Å²) in [6.45, 7) is 1.27. The van der Waals surface area contributed by atoms with Gasteiger partial charge in [0.15, 0.2) is 0 Å². The molecule has 0 spiro atoms. The van der Waals surface area contributed by atoms with Gasteiger partial charge in [0.1, 0.15) is 0 Å². The van der Waals surface area contributed by atoms with Gasteiger partial charge >= 0.3 is 5.97 Å². The van der Waals surface area contributed by atoms with Crippen LogP contribution in [-0.4, -0.2) is 35.0 Å². The minimum absolute atomic E-state index is 0.0140. The second-order valence-electron chi connectivity index (χ2n) is 4.84. The summed E-state index contributed by atoms with van der Waals surface area (Å²) in [4.78, 5) is 25.0. The highest BCUT2D eigenvalue weighted by molar-refractivity contribution is 14.1. The first kappa shape index (κ1) is 14.3. The molecule has 1 aliphatic heterocycles. The maximum Gasteiger partial charge on any atom is 0.303 e. The number of aliphatic carboxylic acids is 1. The monoisotopic (exact) mass is 373 g/mol. The van der Waals surface area contributed by atoms with Gasteiger partial charge in [-0.25, -0.2) is 0 Å². The van der Waals surface area contributed by atoms with Crippen molar-refractivity contribution in [3.05, 3.63) is 33.4 Å². The molecule has 1 amide bonds. The van der Waals surface area contributed by atoms with Crippen molar-refractivity contribution in [1.82, 2.24) is 4.90 Å². The molecule has 1 atom stereocenters. The van der Waals surface area contributed by atoms with Gasteiger partial charge in [-0.15, -0.1) is 0 Å². The molecule has 0 aliphatic carbocycles. The van der Waals surface area contributed by atoms with Crippen molar-refractivity contribution in [2.24, 2.45) is 5.92 Å². The van der Waals surface area contributed by atoms with Crippen molar-refractivity contribution in [2.45, 2.75) is 19.3 Å². The number of rotatable bonds is 3. The van der Waals surface area contributed by atoms with Gasteiger partial charge in [-0.3, -0.25) is 9.59 Å². The van der Waals surface area contributed by atoms with Crippen LogP contribution in [-0.2, 0) is 4.79 Å². The van der Waals surface area contributed by atoms with Crippen molar-refractivity contribution in [3.63, 3.8) is 0 Å². The third-order valence-corrected chi connectivity index (χ3v) is 4.31. The van der Waals surface area contributed by atoms with Gasteiger partial charge < -0.3 is 10.0 Å². The Balaban J connectivity index is 2.07. The lowest BCUT2D eigenvalue weighted by Crippen LogP contribution is -2.40. The first-order valence-corrected chi connectivity index (χ1v) is 7.41. The number of carbonyl (C=O) groups excluding carboxylic acids is 1. The zero-order chi connectivity index (χ0) is 13.8. The summed E-state index contributed by atoms with van der Waals surface area (Å²) in [5, 5.41) is 8.85. The number of carboxylic acids is 1. The molecule has 1 fully saturated rings. The van der Waals surface area contributed by atoms with E-state index in [1.807, 2.05) is 24.3 Å². The van der Waals surface area contributed by atoms with Crippen LogP contribution in [0.25, 0.3) is 0 Å². The number of hydrogen-bond donors (Lipinski definition) is 1. The van der Waals surface area contributed by atoms with Crippen LogP contribution in [0.5, 0.6) is 0 Å². The molecule has 1 N–H and O–H groups in total. The number of benzene rings is 1. The molecule has 1 unspecified atom stereocenters. The van der Waals surface area contributed by atoms with E-state index in [1.165, 1.54) is 0 Å². The van der Waals surface area contributed by atoms with E-state index in [9.17, 15) is 9.59 Å². The summed E-state index contributed by atoms with van der Waals surface area (Å²) in [6, 6.07) is 7.49. The van der Waals surface area contributed by atoms with Gasteiger partial charge in [0.25, 0.3) is 5.91 Å². The Hall–Kier alpha value is -1.11. The second kappa shape index (κ2) is 6.36. The zero-order valence-corrected chi connectivity index (χ0v) is 12.7. The number of hydrogen-bond acceptors (Lipinski definition) is 2. The summed E-state index contributed by atoms with van der Waals surface area (Å²) in [6.07, 6.45) is 1.92. The van der Waals surface area contributed by atoms with Gasteiger partial charge in [0.2, 0.25) is 0 Å². The lowest BCUT2D eigenvalue weighted by atomic mass is 9.94. The van der Waals surface area contributed by atoms with Crippen LogP contribution in [0.15, 0.2) is 24.3 Å². The van der Waals surface area contributed by atoms with E-state index in [0.717, 1.165) is 23.0 Å². The molecule has 1 aromatic rings. The third kappa shape index (κ3) is 3.68. The van der Waals surface area contributed by atoms with Crippen LogP contribution in [0, 0.1) is 9.49 Å². The predicted octanol–water partition coefficient (Wildman–Crippen LogP) is 2.62. The highest BCUT2D eigenvalue weighted by Gasteiger charge is 2.26. The fourth-order valence-electron chi connectivity index (χ4n) is 2.47. The number of nitrogens with zero attached hydrogens (tertiary/aromatic N) is 1. The highest BCUT2D eigenvalue weighted by Crippen LogP contribution is 2.22. The SMILES string of the molecule is O=C(O)CC1CCCN(C(=O)c2ccccc2I)C1. The van der Waals surface area contributed by atoms with Crippen molar-refractivity contribution in [3.8, 4) is 0 Å². The lowest BCUT2D eigenvalue weighted by Gasteiger charge is -2.32. The van der Waals surface area contributed by atoms with Crippen LogP contribution in [0.3, 0.4) is 0 Å². The third-order valence-electron chi connectivity index (χ3n) is 3.37.